The summed E-state index contributed by atoms with van der Waals surface area (Å²) in [4.78, 5) is 0. The standard InChI is InChI=1S/C13H16N4/c1-17-12(8-14)15-16-13(17)11-6-5-9-3-2-4-10(9)7-11/h5-7H,2-4,8,14H2,1H3. The summed E-state index contributed by atoms with van der Waals surface area (Å²) < 4.78 is 1.97. The van der Waals surface area contributed by atoms with Crippen LogP contribution in [0.4, 0.5) is 0 Å². The first-order chi connectivity index (χ1) is 8.29. The predicted octanol–water partition coefficient (Wildman–Crippen LogP) is 1.43. The van der Waals surface area contributed by atoms with Crippen molar-refractivity contribution in [3.63, 3.8) is 0 Å². The Morgan fingerprint density at radius 3 is 2.82 bits per heavy atom. The Hall–Kier alpha value is -1.68. The Labute approximate surface area is 100 Å². The third kappa shape index (κ3) is 1.65. The van der Waals surface area contributed by atoms with E-state index < -0.39 is 0 Å². The van der Waals surface area contributed by atoms with Crippen LogP contribution in [-0.2, 0) is 26.4 Å². The quantitative estimate of drug-likeness (QED) is 0.846. The molecule has 0 atom stereocenters. The van der Waals surface area contributed by atoms with Crippen LogP contribution in [0.3, 0.4) is 0 Å². The fourth-order valence-electron chi connectivity index (χ4n) is 2.50. The van der Waals surface area contributed by atoms with Crippen molar-refractivity contribution in [1.82, 2.24) is 14.8 Å². The largest absolute Gasteiger partial charge is 0.324 e. The molecular weight excluding hydrogens is 212 g/mol. The second-order valence-electron chi connectivity index (χ2n) is 4.54. The lowest BCUT2D eigenvalue weighted by Gasteiger charge is -2.05. The van der Waals surface area contributed by atoms with Gasteiger partial charge in [0.1, 0.15) is 5.82 Å². The number of hydrogen-bond donors (Lipinski definition) is 1. The molecule has 0 saturated carbocycles. The number of benzene rings is 1. The highest BCUT2D eigenvalue weighted by Gasteiger charge is 2.14. The lowest BCUT2D eigenvalue weighted by atomic mass is 10.1. The van der Waals surface area contributed by atoms with Gasteiger partial charge in [-0.1, -0.05) is 12.1 Å². The van der Waals surface area contributed by atoms with E-state index in [0.717, 1.165) is 17.2 Å². The minimum absolute atomic E-state index is 0.425. The molecule has 0 spiro atoms. The number of rotatable bonds is 2. The van der Waals surface area contributed by atoms with Gasteiger partial charge < -0.3 is 10.3 Å². The molecule has 0 amide bonds. The summed E-state index contributed by atoms with van der Waals surface area (Å²) >= 11 is 0. The molecule has 1 heterocycles. The first-order valence-electron chi connectivity index (χ1n) is 6.00. The van der Waals surface area contributed by atoms with Gasteiger partial charge in [-0.25, -0.2) is 0 Å². The van der Waals surface area contributed by atoms with Crippen molar-refractivity contribution in [3.05, 3.63) is 35.2 Å². The normalized spacial score (nSPS) is 14.0. The smallest absolute Gasteiger partial charge is 0.163 e. The molecule has 88 valence electrons. The van der Waals surface area contributed by atoms with Gasteiger partial charge in [-0.2, -0.15) is 0 Å². The first-order valence-corrected chi connectivity index (χ1v) is 6.00. The molecule has 1 aromatic carbocycles. The van der Waals surface area contributed by atoms with Gasteiger partial charge in [0.05, 0.1) is 6.54 Å². The molecule has 0 aliphatic heterocycles. The lowest BCUT2D eigenvalue weighted by molar-refractivity contribution is 0.797. The van der Waals surface area contributed by atoms with Gasteiger partial charge in [0.2, 0.25) is 0 Å². The van der Waals surface area contributed by atoms with E-state index in [2.05, 4.69) is 28.4 Å². The molecule has 1 aromatic heterocycles. The van der Waals surface area contributed by atoms with E-state index in [-0.39, 0.29) is 0 Å². The highest BCUT2D eigenvalue weighted by Crippen LogP contribution is 2.27. The molecular formula is C13H16N4. The maximum Gasteiger partial charge on any atom is 0.163 e. The predicted molar refractivity (Wildman–Crippen MR) is 66.4 cm³/mol. The third-order valence-corrected chi connectivity index (χ3v) is 3.50. The molecule has 1 aliphatic rings. The van der Waals surface area contributed by atoms with Crippen LogP contribution in [0.1, 0.15) is 23.4 Å². The maximum absolute atomic E-state index is 5.61. The molecule has 0 unspecified atom stereocenters. The van der Waals surface area contributed by atoms with Crippen LogP contribution in [0, 0.1) is 0 Å². The highest BCUT2D eigenvalue weighted by atomic mass is 15.3. The number of fused-ring (bicyclic) bond motifs is 1. The van der Waals surface area contributed by atoms with Gasteiger partial charge in [-0.3, -0.25) is 0 Å². The van der Waals surface area contributed by atoms with Gasteiger partial charge in [0.15, 0.2) is 5.82 Å². The van der Waals surface area contributed by atoms with Crippen molar-refractivity contribution in [2.75, 3.05) is 0 Å². The van der Waals surface area contributed by atoms with Crippen LogP contribution in [-0.4, -0.2) is 14.8 Å². The van der Waals surface area contributed by atoms with Gasteiger partial charge >= 0.3 is 0 Å². The fourth-order valence-corrected chi connectivity index (χ4v) is 2.50. The Bertz CT molecular complexity index is 557. The molecule has 2 N–H and O–H groups in total. The molecule has 4 heteroatoms. The molecule has 0 bridgehead atoms. The van der Waals surface area contributed by atoms with E-state index >= 15 is 0 Å². The zero-order valence-electron chi connectivity index (χ0n) is 9.98. The van der Waals surface area contributed by atoms with Gasteiger partial charge in [0.25, 0.3) is 0 Å². The summed E-state index contributed by atoms with van der Waals surface area (Å²) in [7, 11) is 1.96. The van der Waals surface area contributed by atoms with E-state index in [4.69, 9.17) is 5.73 Å². The minimum Gasteiger partial charge on any atom is -0.324 e. The van der Waals surface area contributed by atoms with Crippen molar-refractivity contribution >= 4 is 0 Å². The second-order valence-corrected chi connectivity index (χ2v) is 4.54. The van der Waals surface area contributed by atoms with E-state index in [1.54, 1.807) is 0 Å². The van der Waals surface area contributed by atoms with Gasteiger partial charge in [-0.15, -0.1) is 10.2 Å². The fraction of sp³-hybridized carbons (Fsp3) is 0.385. The van der Waals surface area contributed by atoms with E-state index in [9.17, 15) is 0 Å². The SMILES string of the molecule is Cn1c(CN)nnc1-c1ccc2c(c1)CCC2. The summed E-state index contributed by atoms with van der Waals surface area (Å²) in [5.41, 5.74) is 9.69. The Morgan fingerprint density at radius 1 is 1.24 bits per heavy atom. The van der Waals surface area contributed by atoms with Crippen LogP contribution >= 0.6 is 0 Å². The molecule has 0 fully saturated rings. The van der Waals surface area contributed by atoms with Crippen molar-refractivity contribution in [3.8, 4) is 11.4 Å². The summed E-state index contributed by atoms with van der Waals surface area (Å²) in [6, 6.07) is 6.59. The summed E-state index contributed by atoms with van der Waals surface area (Å²) in [6.07, 6.45) is 3.67. The van der Waals surface area contributed by atoms with Crippen molar-refractivity contribution in [2.45, 2.75) is 25.8 Å². The molecule has 0 saturated heterocycles. The number of nitrogens with zero attached hydrogens (tertiary/aromatic N) is 3. The molecule has 1 aliphatic carbocycles. The summed E-state index contributed by atoms with van der Waals surface area (Å²) in [6.45, 7) is 0.425. The summed E-state index contributed by atoms with van der Waals surface area (Å²) in [5, 5.41) is 8.31. The van der Waals surface area contributed by atoms with Crippen LogP contribution in [0.2, 0.25) is 0 Å². The summed E-state index contributed by atoms with van der Waals surface area (Å²) in [5.74, 6) is 1.72. The average Bonchev–Trinajstić information content (AvgIpc) is 2.94. The topological polar surface area (TPSA) is 56.7 Å². The number of nitrogens with two attached hydrogens (primary N) is 1. The van der Waals surface area contributed by atoms with Crippen molar-refractivity contribution in [1.29, 1.82) is 0 Å². The van der Waals surface area contributed by atoms with Crippen LogP contribution in [0.25, 0.3) is 11.4 Å². The van der Waals surface area contributed by atoms with E-state index in [1.807, 2.05) is 11.6 Å². The second kappa shape index (κ2) is 3.96. The van der Waals surface area contributed by atoms with Crippen LogP contribution < -0.4 is 5.73 Å². The first kappa shape index (κ1) is 10.5. The lowest BCUT2D eigenvalue weighted by Crippen LogP contribution is -2.05. The third-order valence-electron chi connectivity index (χ3n) is 3.50. The van der Waals surface area contributed by atoms with Gasteiger partial charge in [-0.05, 0) is 36.5 Å². The Balaban J connectivity index is 2.06. The molecule has 4 nitrogen and oxygen atoms in total. The Kier molecular flexibility index (Phi) is 2.44. The average molecular weight is 228 g/mol. The van der Waals surface area contributed by atoms with E-state index in [0.29, 0.717) is 6.54 Å². The highest BCUT2D eigenvalue weighted by molar-refractivity contribution is 5.58. The van der Waals surface area contributed by atoms with Crippen LogP contribution in [0.15, 0.2) is 18.2 Å². The monoisotopic (exact) mass is 228 g/mol. The molecule has 17 heavy (non-hydrogen) atoms. The Morgan fingerprint density at radius 2 is 2.06 bits per heavy atom. The zero-order valence-corrected chi connectivity index (χ0v) is 9.98. The van der Waals surface area contributed by atoms with Crippen LogP contribution in [0.5, 0.6) is 0 Å². The zero-order chi connectivity index (χ0) is 11.8. The van der Waals surface area contributed by atoms with Crippen molar-refractivity contribution in [2.24, 2.45) is 12.8 Å². The van der Waals surface area contributed by atoms with E-state index in [1.165, 1.54) is 30.4 Å². The molecule has 2 aromatic rings. The van der Waals surface area contributed by atoms with Crippen molar-refractivity contribution < 1.29 is 0 Å². The van der Waals surface area contributed by atoms with Gasteiger partial charge in [0, 0.05) is 12.6 Å². The molecule has 0 radical (unpaired) electrons. The molecule has 3 rings (SSSR count). The minimum atomic E-state index is 0.425. The maximum atomic E-state index is 5.61. The number of hydrogen-bond acceptors (Lipinski definition) is 3. The number of aryl methyl sites for hydroxylation is 2. The number of aromatic nitrogens is 3.